The zero-order valence-corrected chi connectivity index (χ0v) is 15.8. The van der Waals surface area contributed by atoms with E-state index in [2.05, 4.69) is 28.1 Å². The van der Waals surface area contributed by atoms with Gasteiger partial charge in [-0.15, -0.1) is 0 Å². The molecule has 1 aliphatic rings. The van der Waals surface area contributed by atoms with Crippen LogP contribution in [0.1, 0.15) is 18.4 Å². The van der Waals surface area contributed by atoms with Crippen molar-refractivity contribution in [2.24, 2.45) is 5.73 Å². The van der Waals surface area contributed by atoms with Crippen LogP contribution in [0.5, 0.6) is 0 Å². The molecular formula is C19H27ClN4O2. The van der Waals surface area contributed by atoms with Crippen LogP contribution in [-0.2, 0) is 9.53 Å². The Labute approximate surface area is 159 Å². The van der Waals surface area contributed by atoms with Gasteiger partial charge in [-0.1, -0.05) is 42.0 Å². The molecule has 2 rings (SSSR count). The lowest BCUT2D eigenvalue weighted by Gasteiger charge is -2.22. The van der Waals surface area contributed by atoms with Crippen LogP contribution in [-0.4, -0.2) is 45.3 Å². The fraction of sp³-hybridized carbons (Fsp3) is 0.421. The average molecular weight is 379 g/mol. The molecule has 1 aliphatic heterocycles. The lowest BCUT2D eigenvalue weighted by atomic mass is 9.94. The number of benzene rings is 1. The van der Waals surface area contributed by atoms with Crippen molar-refractivity contribution >= 4 is 17.5 Å². The largest absolute Gasteiger partial charge is 0.374 e. The molecule has 1 amide bonds. The van der Waals surface area contributed by atoms with Crippen molar-refractivity contribution in [3.8, 4) is 0 Å². The van der Waals surface area contributed by atoms with Gasteiger partial charge in [0.25, 0.3) is 0 Å². The van der Waals surface area contributed by atoms with Crippen molar-refractivity contribution in [2.45, 2.75) is 12.8 Å². The number of carbonyl (C=O) groups excluding carboxylic acids is 1. The Balaban J connectivity index is 1.74. The molecule has 26 heavy (non-hydrogen) atoms. The fourth-order valence-corrected chi connectivity index (χ4v) is 2.94. The van der Waals surface area contributed by atoms with Gasteiger partial charge in [0.15, 0.2) is 0 Å². The molecule has 1 aromatic carbocycles. The number of hydrogen-bond acceptors (Lipinski definition) is 5. The molecule has 0 aromatic heterocycles. The van der Waals surface area contributed by atoms with Crippen LogP contribution in [0.2, 0.25) is 5.02 Å². The highest BCUT2D eigenvalue weighted by Gasteiger charge is 2.15. The second-order valence-corrected chi connectivity index (χ2v) is 6.49. The Morgan fingerprint density at radius 3 is 2.88 bits per heavy atom. The van der Waals surface area contributed by atoms with Gasteiger partial charge in [0.05, 0.1) is 19.8 Å². The van der Waals surface area contributed by atoms with Crippen molar-refractivity contribution in [1.29, 1.82) is 0 Å². The lowest BCUT2D eigenvalue weighted by molar-refractivity contribution is -0.120. The first kappa shape index (κ1) is 20.5. The van der Waals surface area contributed by atoms with E-state index in [-0.39, 0.29) is 18.4 Å². The van der Waals surface area contributed by atoms with Gasteiger partial charge in [0.2, 0.25) is 5.91 Å². The van der Waals surface area contributed by atoms with Gasteiger partial charge in [-0.05, 0) is 18.6 Å². The topological polar surface area (TPSA) is 88.4 Å². The summed E-state index contributed by atoms with van der Waals surface area (Å²) in [4.78, 5) is 11.4. The number of amides is 1. The SMILES string of the molecule is CC1=CC(c2ccccc2Cl)C=C(COCCNCC(=O)NCCN)N1. The molecule has 0 fully saturated rings. The number of halogens is 1. The number of carbonyl (C=O) groups is 1. The molecule has 1 aromatic rings. The van der Waals surface area contributed by atoms with Gasteiger partial charge in [-0.25, -0.2) is 0 Å². The zero-order valence-electron chi connectivity index (χ0n) is 15.1. The summed E-state index contributed by atoms with van der Waals surface area (Å²) in [6.45, 7) is 4.83. The molecule has 0 aliphatic carbocycles. The van der Waals surface area contributed by atoms with Gasteiger partial charge < -0.3 is 26.4 Å². The first-order chi connectivity index (χ1) is 12.6. The summed E-state index contributed by atoms with van der Waals surface area (Å²) in [5, 5.41) is 9.82. The van der Waals surface area contributed by atoms with E-state index in [1.54, 1.807) is 0 Å². The number of nitrogens with two attached hydrogens (primary N) is 1. The minimum Gasteiger partial charge on any atom is -0.374 e. The van der Waals surface area contributed by atoms with Gasteiger partial charge >= 0.3 is 0 Å². The summed E-state index contributed by atoms with van der Waals surface area (Å²) in [5.74, 6) is 0.0726. The summed E-state index contributed by atoms with van der Waals surface area (Å²) >= 11 is 6.31. The number of nitrogens with one attached hydrogen (secondary N) is 3. The number of allylic oxidation sites excluding steroid dienone is 3. The minimum absolute atomic E-state index is 0.0598. The first-order valence-corrected chi connectivity index (χ1v) is 9.13. The summed E-state index contributed by atoms with van der Waals surface area (Å²) in [6, 6.07) is 7.87. The second kappa shape index (κ2) is 11.0. The van der Waals surface area contributed by atoms with Crippen LogP contribution in [0.4, 0.5) is 0 Å². The van der Waals surface area contributed by atoms with Crippen molar-refractivity contribution < 1.29 is 9.53 Å². The van der Waals surface area contributed by atoms with Gasteiger partial charge in [-0.3, -0.25) is 4.79 Å². The van der Waals surface area contributed by atoms with E-state index >= 15 is 0 Å². The lowest BCUT2D eigenvalue weighted by Crippen LogP contribution is -2.37. The van der Waals surface area contributed by atoms with Crippen LogP contribution in [0.25, 0.3) is 0 Å². The summed E-state index contributed by atoms with van der Waals surface area (Å²) in [7, 11) is 0. The van der Waals surface area contributed by atoms with Crippen molar-refractivity contribution in [2.75, 3.05) is 39.4 Å². The monoisotopic (exact) mass is 378 g/mol. The third-order valence-corrected chi connectivity index (χ3v) is 4.21. The van der Waals surface area contributed by atoms with E-state index in [1.165, 1.54) is 0 Å². The molecule has 5 N–H and O–H groups in total. The highest BCUT2D eigenvalue weighted by Crippen LogP contribution is 2.30. The maximum Gasteiger partial charge on any atom is 0.234 e. The maximum absolute atomic E-state index is 11.4. The standard InChI is InChI=1S/C19H27ClN4O2/c1-14-10-15(17-4-2-3-5-18(17)20)11-16(24-14)13-26-9-8-22-12-19(25)23-7-6-21/h2-5,10-11,15,22,24H,6-9,12-13,21H2,1H3,(H,23,25). The number of hydrogen-bond donors (Lipinski definition) is 4. The van der Waals surface area contributed by atoms with Crippen LogP contribution < -0.4 is 21.7 Å². The Hall–Kier alpha value is -1.86. The normalized spacial score (nSPS) is 16.5. The quantitative estimate of drug-likeness (QED) is 0.463. The smallest absolute Gasteiger partial charge is 0.234 e. The first-order valence-electron chi connectivity index (χ1n) is 8.76. The second-order valence-electron chi connectivity index (χ2n) is 6.08. The molecule has 7 heteroatoms. The van der Waals surface area contributed by atoms with E-state index in [4.69, 9.17) is 22.1 Å². The van der Waals surface area contributed by atoms with E-state index < -0.39 is 0 Å². The molecule has 0 saturated heterocycles. The predicted octanol–water partition coefficient (Wildman–Crippen LogP) is 1.50. The van der Waals surface area contributed by atoms with Gasteiger partial charge in [-0.2, -0.15) is 0 Å². The Kier molecular flexibility index (Phi) is 8.64. The summed E-state index contributed by atoms with van der Waals surface area (Å²) in [5.41, 5.74) is 8.50. The Bertz CT molecular complexity index is 661. The number of ether oxygens (including phenoxy) is 1. The third-order valence-electron chi connectivity index (χ3n) is 3.87. The molecule has 1 heterocycles. The molecule has 0 bridgehead atoms. The van der Waals surface area contributed by atoms with Crippen LogP contribution in [0.3, 0.4) is 0 Å². The van der Waals surface area contributed by atoms with E-state index in [0.717, 1.165) is 22.0 Å². The van der Waals surface area contributed by atoms with E-state index in [1.807, 2.05) is 31.2 Å². The molecule has 0 radical (unpaired) electrons. The summed E-state index contributed by atoms with van der Waals surface area (Å²) < 4.78 is 5.69. The van der Waals surface area contributed by atoms with Crippen molar-refractivity contribution in [3.05, 3.63) is 58.4 Å². The Morgan fingerprint density at radius 2 is 2.12 bits per heavy atom. The van der Waals surface area contributed by atoms with Gasteiger partial charge in [0.1, 0.15) is 0 Å². The van der Waals surface area contributed by atoms with Crippen LogP contribution >= 0.6 is 11.6 Å². The zero-order chi connectivity index (χ0) is 18.8. The number of dihydropyridines is 1. The molecule has 1 atom stereocenters. The van der Waals surface area contributed by atoms with Gasteiger partial charge in [0, 0.05) is 42.0 Å². The predicted molar refractivity (Wildman–Crippen MR) is 105 cm³/mol. The third kappa shape index (κ3) is 6.80. The average Bonchev–Trinajstić information content (AvgIpc) is 2.62. The molecule has 1 unspecified atom stereocenters. The van der Waals surface area contributed by atoms with Crippen LogP contribution in [0.15, 0.2) is 47.8 Å². The minimum atomic E-state index is -0.0598. The van der Waals surface area contributed by atoms with E-state index in [0.29, 0.717) is 32.8 Å². The summed E-state index contributed by atoms with van der Waals surface area (Å²) in [6.07, 6.45) is 4.27. The fourth-order valence-electron chi connectivity index (χ4n) is 2.68. The van der Waals surface area contributed by atoms with Crippen LogP contribution in [0, 0.1) is 0 Å². The molecule has 6 nitrogen and oxygen atoms in total. The highest BCUT2D eigenvalue weighted by atomic mass is 35.5. The highest BCUT2D eigenvalue weighted by molar-refractivity contribution is 6.31. The Morgan fingerprint density at radius 1 is 1.31 bits per heavy atom. The number of rotatable bonds is 10. The maximum atomic E-state index is 11.4. The molecule has 0 saturated carbocycles. The van der Waals surface area contributed by atoms with Crippen molar-refractivity contribution in [3.63, 3.8) is 0 Å². The van der Waals surface area contributed by atoms with E-state index in [9.17, 15) is 4.79 Å². The molecule has 0 spiro atoms. The van der Waals surface area contributed by atoms with Crippen molar-refractivity contribution in [1.82, 2.24) is 16.0 Å². The molecule has 142 valence electrons. The molecular weight excluding hydrogens is 352 g/mol.